The number of carbonyl (C=O) groups is 4. The third kappa shape index (κ3) is 3.73. The van der Waals surface area contributed by atoms with Gasteiger partial charge in [-0.2, -0.15) is 0 Å². The van der Waals surface area contributed by atoms with Crippen molar-refractivity contribution in [2.75, 3.05) is 9.80 Å². The zero-order chi connectivity index (χ0) is 29.1. The highest BCUT2D eigenvalue weighted by Gasteiger charge is 2.62. The van der Waals surface area contributed by atoms with Crippen LogP contribution in [0.5, 0.6) is 5.75 Å². The molecule has 7 nitrogen and oxygen atoms in total. The lowest BCUT2D eigenvalue weighted by Crippen LogP contribution is -2.43. The van der Waals surface area contributed by atoms with Gasteiger partial charge in [-0.15, -0.1) is 6.58 Å². The SMILES string of the molecule is C=CCc1cccc(C2C3=CCC4C(=O)N(c5ccccc5)C(=O)C4C3CC3C(=O)N(c4ccccc4)C(=O)C32)c1O. The van der Waals surface area contributed by atoms with Crippen molar-refractivity contribution in [1.82, 2.24) is 0 Å². The number of imide groups is 2. The Morgan fingerprint density at radius 3 is 1.93 bits per heavy atom. The summed E-state index contributed by atoms with van der Waals surface area (Å²) in [6, 6.07) is 23.3. The minimum absolute atomic E-state index is 0.0722. The lowest BCUT2D eigenvalue weighted by atomic mass is 9.57. The van der Waals surface area contributed by atoms with Gasteiger partial charge in [0.2, 0.25) is 23.6 Å². The molecule has 4 aliphatic rings. The third-order valence-electron chi connectivity index (χ3n) is 9.53. The summed E-state index contributed by atoms with van der Waals surface area (Å²) in [7, 11) is 0. The molecule has 1 N–H and O–H groups in total. The van der Waals surface area contributed by atoms with Crippen LogP contribution in [0.15, 0.2) is 103 Å². The van der Waals surface area contributed by atoms with E-state index in [1.807, 2.05) is 30.3 Å². The summed E-state index contributed by atoms with van der Waals surface area (Å²) in [5.41, 5.74) is 3.13. The highest BCUT2D eigenvalue weighted by molar-refractivity contribution is 6.24. The number of allylic oxidation sites excluding steroid dienone is 3. The molecule has 0 bridgehead atoms. The number of carbonyl (C=O) groups excluding carboxylic acids is 4. The molecule has 3 aromatic carbocycles. The van der Waals surface area contributed by atoms with Crippen LogP contribution in [-0.2, 0) is 25.6 Å². The maximum Gasteiger partial charge on any atom is 0.238 e. The second-order valence-corrected chi connectivity index (χ2v) is 11.6. The van der Waals surface area contributed by atoms with Crippen molar-refractivity contribution >= 4 is 35.0 Å². The molecule has 0 spiro atoms. The van der Waals surface area contributed by atoms with Crippen LogP contribution in [0.4, 0.5) is 11.4 Å². The normalized spacial score (nSPS) is 28.3. The standard InChI is InChI=1S/C35H30N2O5/c1-2-10-20-11-9-16-24(31(20)38)28-23-17-18-25-29(34(41)36(32(25)39)21-12-5-3-6-13-21)26(23)19-27-30(28)35(42)37(33(27)40)22-14-7-4-8-15-22/h2-9,11-17,25-30,38H,1,10,18-19H2. The van der Waals surface area contributed by atoms with Crippen LogP contribution >= 0.6 is 0 Å². The van der Waals surface area contributed by atoms with Gasteiger partial charge in [0.1, 0.15) is 5.75 Å². The number of para-hydroxylation sites is 3. The van der Waals surface area contributed by atoms with Crippen molar-refractivity contribution in [3.8, 4) is 5.75 Å². The van der Waals surface area contributed by atoms with Crippen LogP contribution in [0.3, 0.4) is 0 Å². The van der Waals surface area contributed by atoms with Gasteiger partial charge in [0, 0.05) is 11.5 Å². The molecule has 2 heterocycles. The summed E-state index contributed by atoms with van der Waals surface area (Å²) in [4.78, 5) is 58.4. The van der Waals surface area contributed by atoms with E-state index in [0.29, 0.717) is 35.3 Å². The lowest BCUT2D eigenvalue weighted by Gasteiger charge is -2.44. The fourth-order valence-electron chi connectivity index (χ4n) is 7.78. The van der Waals surface area contributed by atoms with E-state index in [1.165, 1.54) is 9.80 Å². The zero-order valence-corrected chi connectivity index (χ0v) is 22.9. The number of rotatable bonds is 5. The van der Waals surface area contributed by atoms with Crippen LogP contribution in [0.25, 0.3) is 0 Å². The van der Waals surface area contributed by atoms with Crippen molar-refractivity contribution in [2.45, 2.75) is 25.2 Å². The molecule has 0 aromatic heterocycles. The van der Waals surface area contributed by atoms with Crippen LogP contribution in [0.2, 0.25) is 0 Å². The van der Waals surface area contributed by atoms with Crippen molar-refractivity contribution < 1.29 is 24.3 Å². The molecule has 2 aliphatic carbocycles. The first kappa shape index (κ1) is 26.1. The van der Waals surface area contributed by atoms with Crippen molar-refractivity contribution in [3.63, 3.8) is 0 Å². The summed E-state index contributed by atoms with van der Waals surface area (Å²) >= 11 is 0. The molecular formula is C35H30N2O5. The molecule has 3 aromatic rings. The first-order chi connectivity index (χ1) is 20.4. The molecular weight excluding hydrogens is 528 g/mol. The Bertz CT molecular complexity index is 1660. The first-order valence-electron chi connectivity index (χ1n) is 14.4. The van der Waals surface area contributed by atoms with E-state index in [9.17, 15) is 24.3 Å². The number of hydrogen-bond donors (Lipinski definition) is 1. The monoisotopic (exact) mass is 558 g/mol. The highest BCUT2D eigenvalue weighted by atomic mass is 16.3. The Balaban J connectivity index is 1.37. The van der Waals surface area contributed by atoms with Gasteiger partial charge in [0.15, 0.2) is 0 Å². The van der Waals surface area contributed by atoms with E-state index < -0.39 is 35.5 Å². The van der Waals surface area contributed by atoms with E-state index in [4.69, 9.17) is 0 Å². The summed E-state index contributed by atoms with van der Waals surface area (Å²) in [6.45, 7) is 3.81. The summed E-state index contributed by atoms with van der Waals surface area (Å²) in [5, 5.41) is 11.5. The van der Waals surface area contributed by atoms with Crippen LogP contribution < -0.4 is 9.80 Å². The number of aromatic hydroxyl groups is 1. The van der Waals surface area contributed by atoms with E-state index in [-0.39, 0.29) is 35.8 Å². The molecule has 42 heavy (non-hydrogen) atoms. The van der Waals surface area contributed by atoms with Gasteiger partial charge in [-0.1, -0.05) is 72.3 Å². The molecule has 2 saturated heterocycles. The van der Waals surface area contributed by atoms with Gasteiger partial charge in [0.25, 0.3) is 0 Å². The summed E-state index contributed by atoms with van der Waals surface area (Å²) < 4.78 is 0. The average Bonchev–Trinajstić information content (AvgIpc) is 3.42. The molecule has 210 valence electrons. The summed E-state index contributed by atoms with van der Waals surface area (Å²) in [5.74, 6) is -4.70. The van der Waals surface area contributed by atoms with Crippen molar-refractivity contribution in [2.24, 2.45) is 29.6 Å². The van der Waals surface area contributed by atoms with Crippen LogP contribution in [-0.4, -0.2) is 28.7 Å². The maximum atomic E-state index is 14.2. The molecule has 3 fully saturated rings. The highest BCUT2D eigenvalue weighted by Crippen LogP contribution is 2.59. The van der Waals surface area contributed by atoms with Gasteiger partial charge < -0.3 is 5.11 Å². The van der Waals surface area contributed by atoms with Gasteiger partial charge in [-0.25, -0.2) is 0 Å². The lowest BCUT2D eigenvalue weighted by molar-refractivity contribution is -0.126. The zero-order valence-electron chi connectivity index (χ0n) is 22.9. The number of nitrogens with zero attached hydrogens (tertiary/aromatic N) is 2. The van der Waals surface area contributed by atoms with Gasteiger partial charge in [-0.05, 0) is 55.0 Å². The molecule has 1 saturated carbocycles. The van der Waals surface area contributed by atoms with E-state index in [0.717, 1.165) is 5.57 Å². The number of benzene rings is 3. The number of fused-ring (bicyclic) bond motifs is 4. The number of phenols is 1. The molecule has 7 heteroatoms. The van der Waals surface area contributed by atoms with E-state index in [2.05, 4.69) is 6.58 Å². The first-order valence-corrected chi connectivity index (χ1v) is 14.4. The van der Waals surface area contributed by atoms with Crippen molar-refractivity contribution in [3.05, 3.63) is 114 Å². The van der Waals surface area contributed by atoms with E-state index in [1.54, 1.807) is 60.7 Å². The smallest absolute Gasteiger partial charge is 0.238 e. The average molecular weight is 559 g/mol. The largest absolute Gasteiger partial charge is 0.507 e. The van der Waals surface area contributed by atoms with Crippen LogP contribution in [0, 0.1) is 29.6 Å². The summed E-state index contributed by atoms with van der Waals surface area (Å²) in [6.07, 6.45) is 4.79. The van der Waals surface area contributed by atoms with Crippen molar-refractivity contribution in [1.29, 1.82) is 0 Å². The van der Waals surface area contributed by atoms with Gasteiger partial charge in [0.05, 0.1) is 35.0 Å². The molecule has 0 radical (unpaired) electrons. The topological polar surface area (TPSA) is 95.0 Å². The van der Waals surface area contributed by atoms with Crippen LogP contribution in [0.1, 0.15) is 29.9 Å². The second-order valence-electron chi connectivity index (χ2n) is 11.6. The number of anilines is 2. The minimum atomic E-state index is -0.737. The molecule has 4 amide bonds. The Morgan fingerprint density at radius 1 is 0.714 bits per heavy atom. The number of amides is 4. The second kappa shape index (κ2) is 9.94. The predicted molar refractivity (Wildman–Crippen MR) is 157 cm³/mol. The fourth-order valence-corrected chi connectivity index (χ4v) is 7.78. The Kier molecular flexibility index (Phi) is 6.19. The minimum Gasteiger partial charge on any atom is -0.507 e. The Hall–Kier alpha value is -4.78. The van der Waals surface area contributed by atoms with Gasteiger partial charge >= 0.3 is 0 Å². The van der Waals surface area contributed by atoms with E-state index >= 15 is 0 Å². The molecule has 6 unspecified atom stereocenters. The molecule has 7 rings (SSSR count). The maximum absolute atomic E-state index is 14.2. The fraction of sp³-hybridized carbons (Fsp3) is 0.257. The predicted octanol–water partition coefficient (Wildman–Crippen LogP) is 5.17. The third-order valence-corrected chi connectivity index (χ3v) is 9.53. The van der Waals surface area contributed by atoms with Gasteiger partial charge in [-0.3, -0.25) is 29.0 Å². The molecule has 2 aliphatic heterocycles. The Labute approximate surface area is 243 Å². The Morgan fingerprint density at radius 2 is 1.31 bits per heavy atom. The molecule has 6 atom stereocenters. The number of hydrogen-bond acceptors (Lipinski definition) is 5. The number of phenolic OH excluding ortho intramolecular Hbond substituents is 1. The quantitative estimate of drug-likeness (QED) is 0.345.